The Bertz CT molecular complexity index is 639. The molecule has 0 radical (unpaired) electrons. The molecule has 2 heterocycles. The average Bonchev–Trinajstić information content (AvgIpc) is 2.99. The topological polar surface area (TPSA) is 81.0 Å². The molecule has 6 heteroatoms. The summed E-state index contributed by atoms with van der Waals surface area (Å²) >= 11 is 0. The number of carbonyl (C=O) groups excluding carboxylic acids is 1. The number of anilines is 1. The van der Waals surface area contributed by atoms with Gasteiger partial charge in [-0.3, -0.25) is 9.69 Å². The molecule has 2 atom stereocenters. The van der Waals surface area contributed by atoms with Gasteiger partial charge in [-0.1, -0.05) is 19.9 Å². The minimum Gasteiger partial charge on any atom is -0.368 e. The number of hydrogen-bond acceptors (Lipinski definition) is 5. The van der Waals surface area contributed by atoms with E-state index in [1.807, 2.05) is 39.0 Å². The number of amides is 1. The molecule has 1 fully saturated rings. The molecule has 0 aromatic carbocycles. The number of carbonyl (C=O) groups is 1. The molecular weight excluding hydrogens is 314 g/mol. The smallest absolute Gasteiger partial charge is 0.235 e. The Hall–Kier alpha value is -2.13. The Morgan fingerprint density at radius 2 is 2.28 bits per heavy atom. The number of nitrogens with one attached hydrogen (secondary N) is 2. The van der Waals surface area contributed by atoms with Crippen molar-refractivity contribution in [1.82, 2.24) is 15.2 Å². The van der Waals surface area contributed by atoms with E-state index in [1.54, 1.807) is 6.92 Å². The Morgan fingerprint density at radius 3 is 2.92 bits per heavy atom. The van der Waals surface area contributed by atoms with Crippen molar-refractivity contribution in [2.24, 2.45) is 5.92 Å². The van der Waals surface area contributed by atoms with Crippen LogP contribution in [0.3, 0.4) is 0 Å². The van der Waals surface area contributed by atoms with E-state index in [2.05, 4.69) is 26.6 Å². The number of nitriles is 1. The van der Waals surface area contributed by atoms with Crippen LogP contribution in [0.2, 0.25) is 0 Å². The predicted molar refractivity (Wildman–Crippen MR) is 99.1 cm³/mol. The molecule has 1 aliphatic heterocycles. The largest absolute Gasteiger partial charge is 0.368 e. The summed E-state index contributed by atoms with van der Waals surface area (Å²) in [6, 6.07) is 8.45. The Kier molecular flexibility index (Phi) is 6.38. The van der Waals surface area contributed by atoms with Gasteiger partial charge < -0.3 is 10.6 Å². The monoisotopic (exact) mass is 343 g/mol. The van der Waals surface area contributed by atoms with Crippen molar-refractivity contribution < 1.29 is 4.79 Å². The average molecular weight is 343 g/mol. The van der Waals surface area contributed by atoms with Crippen LogP contribution in [0.4, 0.5) is 5.82 Å². The number of likely N-dealkylation sites (tertiary alicyclic amines) is 1. The van der Waals surface area contributed by atoms with E-state index >= 15 is 0 Å². The third kappa shape index (κ3) is 5.17. The molecule has 1 aliphatic rings. The molecule has 1 amide bonds. The third-order valence-electron chi connectivity index (χ3n) is 5.04. The maximum Gasteiger partial charge on any atom is 0.235 e. The first kappa shape index (κ1) is 19.2. The van der Waals surface area contributed by atoms with Gasteiger partial charge in [0.25, 0.3) is 0 Å². The first-order valence-electron chi connectivity index (χ1n) is 8.98. The van der Waals surface area contributed by atoms with Crippen LogP contribution in [-0.4, -0.2) is 47.0 Å². The molecule has 25 heavy (non-hydrogen) atoms. The Balaban J connectivity index is 1.88. The van der Waals surface area contributed by atoms with E-state index < -0.39 is 5.54 Å². The molecule has 0 aliphatic carbocycles. The van der Waals surface area contributed by atoms with E-state index in [1.165, 1.54) is 0 Å². The van der Waals surface area contributed by atoms with Gasteiger partial charge in [0, 0.05) is 18.3 Å². The SMILES string of the molecule is Cc1cccc(NC[C@@H]2CCCN2CC(=O)N[C@@](C)(C#N)C(C)C)n1. The van der Waals surface area contributed by atoms with Gasteiger partial charge in [0.1, 0.15) is 11.4 Å². The molecule has 0 unspecified atom stereocenters. The molecule has 1 aromatic rings. The van der Waals surface area contributed by atoms with Crippen LogP contribution in [0.5, 0.6) is 0 Å². The van der Waals surface area contributed by atoms with Crippen molar-refractivity contribution in [3.05, 3.63) is 23.9 Å². The first-order valence-corrected chi connectivity index (χ1v) is 8.98. The van der Waals surface area contributed by atoms with Gasteiger partial charge in [-0.05, 0) is 51.3 Å². The molecule has 0 spiro atoms. The minimum atomic E-state index is -0.823. The highest BCUT2D eigenvalue weighted by Crippen LogP contribution is 2.19. The summed E-state index contributed by atoms with van der Waals surface area (Å²) < 4.78 is 0. The zero-order valence-corrected chi connectivity index (χ0v) is 15.7. The number of aryl methyl sites for hydroxylation is 1. The lowest BCUT2D eigenvalue weighted by Crippen LogP contribution is -2.52. The van der Waals surface area contributed by atoms with Crippen LogP contribution in [0.25, 0.3) is 0 Å². The summed E-state index contributed by atoms with van der Waals surface area (Å²) in [6.07, 6.45) is 2.15. The zero-order valence-electron chi connectivity index (χ0n) is 15.7. The number of nitrogens with zero attached hydrogens (tertiary/aromatic N) is 3. The maximum absolute atomic E-state index is 12.4. The second kappa shape index (κ2) is 8.30. The summed E-state index contributed by atoms with van der Waals surface area (Å²) in [7, 11) is 0. The van der Waals surface area contributed by atoms with Crippen molar-refractivity contribution >= 4 is 11.7 Å². The summed E-state index contributed by atoms with van der Waals surface area (Å²) in [6.45, 7) is 9.65. The van der Waals surface area contributed by atoms with Crippen LogP contribution < -0.4 is 10.6 Å². The van der Waals surface area contributed by atoms with Gasteiger partial charge >= 0.3 is 0 Å². The van der Waals surface area contributed by atoms with Gasteiger partial charge in [-0.25, -0.2) is 4.98 Å². The second-order valence-electron chi connectivity index (χ2n) is 7.33. The first-order chi connectivity index (χ1) is 11.8. The fourth-order valence-corrected chi connectivity index (χ4v) is 3.01. The van der Waals surface area contributed by atoms with Gasteiger partial charge in [-0.2, -0.15) is 5.26 Å². The molecule has 2 N–H and O–H groups in total. The van der Waals surface area contributed by atoms with Crippen molar-refractivity contribution in [3.63, 3.8) is 0 Å². The zero-order chi connectivity index (χ0) is 18.4. The lowest BCUT2D eigenvalue weighted by atomic mass is 9.90. The van der Waals surface area contributed by atoms with Crippen molar-refractivity contribution in [1.29, 1.82) is 5.26 Å². The highest BCUT2D eigenvalue weighted by atomic mass is 16.2. The molecule has 136 valence electrons. The molecule has 1 aromatic heterocycles. The van der Waals surface area contributed by atoms with Crippen LogP contribution in [0, 0.1) is 24.2 Å². The lowest BCUT2D eigenvalue weighted by molar-refractivity contribution is -0.124. The van der Waals surface area contributed by atoms with Crippen molar-refractivity contribution in [2.75, 3.05) is 25.0 Å². The highest BCUT2D eigenvalue weighted by Gasteiger charge is 2.32. The van der Waals surface area contributed by atoms with E-state index in [0.717, 1.165) is 37.4 Å². The lowest BCUT2D eigenvalue weighted by Gasteiger charge is -2.30. The predicted octanol–water partition coefficient (Wildman–Crippen LogP) is 2.32. The number of hydrogen-bond donors (Lipinski definition) is 2. The fourth-order valence-electron chi connectivity index (χ4n) is 3.01. The molecular formula is C19H29N5O. The highest BCUT2D eigenvalue weighted by molar-refractivity contribution is 5.79. The van der Waals surface area contributed by atoms with Crippen molar-refractivity contribution in [2.45, 2.75) is 52.1 Å². The summed E-state index contributed by atoms with van der Waals surface area (Å²) in [5.74, 6) is 0.844. The molecule has 0 bridgehead atoms. The summed E-state index contributed by atoms with van der Waals surface area (Å²) in [5.41, 5.74) is 0.160. The van der Waals surface area contributed by atoms with E-state index in [-0.39, 0.29) is 11.8 Å². The van der Waals surface area contributed by atoms with Gasteiger partial charge in [0.2, 0.25) is 5.91 Å². The number of pyridine rings is 1. The van der Waals surface area contributed by atoms with Crippen molar-refractivity contribution in [3.8, 4) is 6.07 Å². The van der Waals surface area contributed by atoms with Gasteiger partial charge in [0.15, 0.2) is 0 Å². The van der Waals surface area contributed by atoms with Gasteiger partial charge in [0.05, 0.1) is 12.6 Å². The standard InChI is InChI=1S/C19H29N5O/c1-14(2)19(4,13-20)23-18(25)12-24-10-6-8-16(24)11-21-17-9-5-7-15(3)22-17/h5,7,9,14,16H,6,8,10-12H2,1-4H3,(H,21,22)(H,23,25)/t16-,19-/m0/s1. The van der Waals surface area contributed by atoms with Crippen LogP contribution in [-0.2, 0) is 4.79 Å². The molecule has 0 saturated carbocycles. The van der Waals surface area contributed by atoms with E-state index in [0.29, 0.717) is 12.6 Å². The third-order valence-corrected chi connectivity index (χ3v) is 5.04. The molecule has 2 rings (SSSR count). The van der Waals surface area contributed by atoms with E-state index in [9.17, 15) is 10.1 Å². The van der Waals surface area contributed by atoms with Gasteiger partial charge in [-0.15, -0.1) is 0 Å². The molecule has 6 nitrogen and oxygen atoms in total. The van der Waals surface area contributed by atoms with Crippen LogP contribution in [0.1, 0.15) is 39.3 Å². The number of rotatable bonds is 7. The summed E-state index contributed by atoms with van der Waals surface area (Å²) in [4.78, 5) is 19.1. The Morgan fingerprint density at radius 1 is 1.52 bits per heavy atom. The maximum atomic E-state index is 12.4. The fraction of sp³-hybridized carbons (Fsp3) is 0.632. The normalized spacial score (nSPS) is 20.1. The second-order valence-corrected chi connectivity index (χ2v) is 7.33. The van der Waals surface area contributed by atoms with Crippen LogP contribution >= 0.6 is 0 Å². The minimum absolute atomic E-state index is 0.0601. The molecule has 1 saturated heterocycles. The Labute approximate surface area is 150 Å². The quantitative estimate of drug-likeness (QED) is 0.794. The van der Waals surface area contributed by atoms with E-state index in [4.69, 9.17) is 0 Å². The number of aromatic nitrogens is 1. The van der Waals surface area contributed by atoms with Crippen LogP contribution in [0.15, 0.2) is 18.2 Å². The summed E-state index contributed by atoms with van der Waals surface area (Å²) in [5, 5.41) is 15.6.